The molecule has 0 saturated carbocycles. The first-order valence-corrected chi connectivity index (χ1v) is 3.47. The number of aliphatic hydroxyl groups is 2. The topological polar surface area (TPSA) is 98.0 Å². The monoisotopic (exact) mass is 180 g/mol. The van der Waals surface area contributed by atoms with Crippen molar-refractivity contribution in [3.8, 4) is 0 Å². The first-order chi connectivity index (χ1) is 5.15. The maximum atomic E-state index is 9.03. The van der Waals surface area contributed by atoms with Crippen LogP contribution in [-0.4, -0.2) is 38.3 Å². The van der Waals surface area contributed by atoms with Gasteiger partial charge < -0.3 is 20.4 Å². The molecular formula is C7H16O5. The maximum Gasteiger partial charge on any atom is 0.503 e. The molecule has 0 heterocycles. The molecule has 0 saturated heterocycles. The van der Waals surface area contributed by atoms with Crippen molar-refractivity contribution in [3.05, 3.63) is 0 Å². The normalized spacial score (nSPS) is 12.8. The van der Waals surface area contributed by atoms with Crippen molar-refractivity contribution in [2.45, 2.75) is 38.9 Å². The fourth-order valence-corrected chi connectivity index (χ4v) is 0.723. The molecule has 1 unspecified atom stereocenters. The Balaban J connectivity index is 0. The van der Waals surface area contributed by atoms with Gasteiger partial charge in [0.25, 0.3) is 0 Å². The molecule has 12 heavy (non-hydrogen) atoms. The number of hydrogen-bond donors (Lipinski definition) is 4. The molecule has 0 aliphatic heterocycles. The quantitative estimate of drug-likeness (QED) is 0.502. The summed E-state index contributed by atoms with van der Waals surface area (Å²) in [6.45, 7) is 5.03. The summed E-state index contributed by atoms with van der Waals surface area (Å²) in [7, 11) is 0. The van der Waals surface area contributed by atoms with Gasteiger partial charge in [0.2, 0.25) is 0 Å². The van der Waals surface area contributed by atoms with Crippen molar-refractivity contribution in [1.82, 2.24) is 0 Å². The molecule has 4 N–H and O–H groups in total. The van der Waals surface area contributed by atoms with Crippen molar-refractivity contribution in [3.63, 3.8) is 0 Å². The van der Waals surface area contributed by atoms with E-state index in [-0.39, 0.29) is 0 Å². The van der Waals surface area contributed by atoms with E-state index in [2.05, 4.69) is 0 Å². The van der Waals surface area contributed by atoms with Crippen LogP contribution >= 0.6 is 0 Å². The summed E-state index contributed by atoms with van der Waals surface area (Å²) in [5.41, 5.74) is -0.728. The van der Waals surface area contributed by atoms with E-state index < -0.39 is 17.9 Å². The van der Waals surface area contributed by atoms with Crippen molar-refractivity contribution < 1.29 is 25.2 Å². The Bertz CT molecular complexity index is 120. The third-order valence-corrected chi connectivity index (χ3v) is 0.795. The zero-order valence-corrected chi connectivity index (χ0v) is 7.48. The zero-order chi connectivity index (χ0) is 10.4. The largest absolute Gasteiger partial charge is 0.503 e. The minimum atomic E-state index is -1.83. The number of carbonyl (C=O) groups is 1. The Labute approximate surface area is 71.3 Å². The molecule has 0 fully saturated rings. The van der Waals surface area contributed by atoms with Gasteiger partial charge in [0.1, 0.15) is 0 Å². The molecule has 5 heteroatoms. The van der Waals surface area contributed by atoms with Gasteiger partial charge in [0.15, 0.2) is 0 Å². The van der Waals surface area contributed by atoms with Crippen LogP contribution in [0.1, 0.15) is 27.2 Å². The highest BCUT2D eigenvalue weighted by Crippen LogP contribution is 2.09. The Hall–Kier alpha value is -0.810. The predicted molar refractivity (Wildman–Crippen MR) is 43.2 cm³/mol. The fraction of sp³-hybridized carbons (Fsp3) is 0.857. The standard InChI is InChI=1S/C6H14O2.CH2O3/c1-5(7)4-6(2,3)8;2-1(3)4/h5,7-8H,4H2,1-3H3;(H2,2,3,4). The third kappa shape index (κ3) is 35.1. The van der Waals surface area contributed by atoms with Crippen LogP contribution in [0.2, 0.25) is 0 Å². The molecule has 0 aromatic rings. The number of hydrogen-bond acceptors (Lipinski definition) is 3. The van der Waals surface area contributed by atoms with E-state index in [0.717, 1.165) is 0 Å². The second-order valence-corrected chi connectivity index (χ2v) is 3.15. The molecule has 0 radical (unpaired) electrons. The van der Waals surface area contributed by atoms with Gasteiger partial charge in [-0.05, 0) is 20.8 Å². The Morgan fingerprint density at radius 1 is 1.42 bits per heavy atom. The lowest BCUT2D eigenvalue weighted by molar-refractivity contribution is 0.0248. The van der Waals surface area contributed by atoms with Gasteiger partial charge in [-0.3, -0.25) is 0 Å². The summed E-state index contributed by atoms with van der Waals surface area (Å²) in [5.74, 6) is 0. The lowest BCUT2D eigenvalue weighted by atomic mass is 10.0. The minimum Gasteiger partial charge on any atom is -0.450 e. The third-order valence-electron chi connectivity index (χ3n) is 0.795. The molecule has 0 bridgehead atoms. The van der Waals surface area contributed by atoms with E-state index in [1.165, 1.54) is 0 Å². The first kappa shape index (κ1) is 13.8. The van der Waals surface area contributed by atoms with Crippen molar-refractivity contribution in [2.24, 2.45) is 0 Å². The van der Waals surface area contributed by atoms with E-state index in [1.807, 2.05) is 0 Å². The molecule has 5 nitrogen and oxygen atoms in total. The van der Waals surface area contributed by atoms with Crippen LogP contribution < -0.4 is 0 Å². The van der Waals surface area contributed by atoms with E-state index in [0.29, 0.717) is 6.42 Å². The van der Waals surface area contributed by atoms with Crippen LogP contribution in [0.5, 0.6) is 0 Å². The van der Waals surface area contributed by atoms with Crippen molar-refractivity contribution >= 4 is 6.16 Å². The second kappa shape index (κ2) is 5.79. The average molecular weight is 180 g/mol. The highest BCUT2D eigenvalue weighted by Gasteiger charge is 2.14. The molecular weight excluding hydrogens is 164 g/mol. The zero-order valence-electron chi connectivity index (χ0n) is 7.48. The van der Waals surface area contributed by atoms with Crippen LogP contribution in [0.25, 0.3) is 0 Å². The second-order valence-electron chi connectivity index (χ2n) is 3.15. The molecule has 0 amide bonds. The molecule has 0 rings (SSSR count). The van der Waals surface area contributed by atoms with Crippen LogP contribution in [0.4, 0.5) is 4.79 Å². The highest BCUT2D eigenvalue weighted by atomic mass is 16.6. The van der Waals surface area contributed by atoms with Crippen LogP contribution in [0.3, 0.4) is 0 Å². The van der Waals surface area contributed by atoms with E-state index in [4.69, 9.17) is 25.2 Å². The Morgan fingerprint density at radius 3 is 1.67 bits per heavy atom. The van der Waals surface area contributed by atoms with Gasteiger partial charge in [-0.1, -0.05) is 0 Å². The Morgan fingerprint density at radius 2 is 1.67 bits per heavy atom. The Kier molecular flexibility index (Phi) is 6.64. The molecule has 0 aromatic carbocycles. The molecule has 1 atom stereocenters. The highest BCUT2D eigenvalue weighted by molar-refractivity contribution is 5.53. The number of carboxylic acid groups (broad SMARTS) is 2. The van der Waals surface area contributed by atoms with E-state index >= 15 is 0 Å². The molecule has 74 valence electrons. The lowest BCUT2D eigenvalue weighted by Crippen LogP contribution is -2.24. The van der Waals surface area contributed by atoms with E-state index in [1.54, 1.807) is 20.8 Å². The summed E-state index contributed by atoms with van der Waals surface area (Å²) >= 11 is 0. The van der Waals surface area contributed by atoms with Crippen LogP contribution in [0.15, 0.2) is 0 Å². The first-order valence-electron chi connectivity index (χ1n) is 3.47. The van der Waals surface area contributed by atoms with Gasteiger partial charge >= 0.3 is 6.16 Å². The van der Waals surface area contributed by atoms with E-state index in [9.17, 15) is 0 Å². The molecule has 0 aromatic heterocycles. The molecule has 0 spiro atoms. The van der Waals surface area contributed by atoms with Gasteiger partial charge in [0, 0.05) is 6.42 Å². The summed E-state index contributed by atoms with van der Waals surface area (Å²) in [4.78, 5) is 8.56. The van der Waals surface area contributed by atoms with Gasteiger partial charge in [0.05, 0.1) is 11.7 Å². The van der Waals surface area contributed by atoms with Crippen LogP contribution in [-0.2, 0) is 0 Å². The van der Waals surface area contributed by atoms with Crippen LogP contribution in [0, 0.1) is 0 Å². The fourth-order valence-electron chi connectivity index (χ4n) is 0.723. The summed E-state index contributed by atoms with van der Waals surface area (Å²) in [5, 5.41) is 31.7. The summed E-state index contributed by atoms with van der Waals surface area (Å²) < 4.78 is 0. The van der Waals surface area contributed by atoms with Crippen molar-refractivity contribution in [1.29, 1.82) is 0 Å². The summed E-state index contributed by atoms with van der Waals surface area (Å²) in [6.07, 6.45) is -1.80. The number of aliphatic hydroxyl groups excluding tert-OH is 1. The maximum absolute atomic E-state index is 9.03. The van der Waals surface area contributed by atoms with Gasteiger partial charge in [-0.2, -0.15) is 0 Å². The van der Waals surface area contributed by atoms with Gasteiger partial charge in [-0.25, -0.2) is 4.79 Å². The number of rotatable bonds is 2. The minimum absolute atomic E-state index is 0.407. The summed E-state index contributed by atoms with van der Waals surface area (Å²) in [6, 6.07) is 0. The SMILES string of the molecule is CC(O)CC(C)(C)O.O=C(O)O. The lowest BCUT2D eigenvalue weighted by Gasteiger charge is -2.17. The van der Waals surface area contributed by atoms with Crippen molar-refractivity contribution in [2.75, 3.05) is 0 Å². The average Bonchev–Trinajstić information content (AvgIpc) is 1.52. The molecule has 0 aliphatic carbocycles. The molecule has 0 aliphatic rings. The predicted octanol–water partition coefficient (Wildman–Crippen LogP) is 0.751. The smallest absolute Gasteiger partial charge is 0.450 e. The van der Waals surface area contributed by atoms with Gasteiger partial charge in [-0.15, -0.1) is 0 Å².